The Morgan fingerprint density at radius 1 is 1.43 bits per heavy atom. The van der Waals surface area contributed by atoms with E-state index in [1.807, 2.05) is 0 Å². The first-order valence-corrected chi connectivity index (χ1v) is 6.68. The first-order valence-electron chi connectivity index (χ1n) is 4.42. The molecule has 2 unspecified atom stereocenters. The van der Waals surface area contributed by atoms with Crippen molar-refractivity contribution in [3.63, 3.8) is 0 Å². The maximum absolute atomic E-state index is 11.3. The van der Waals surface area contributed by atoms with E-state index in [-0.39, 0.29) is 15.9 Å². The summed E-state index contributed by atoms with van der Waals surface area (Å²) < 4.78 is 4.84. The molecule has 0 aromatic carbocycles. The van der Waals surface area contributed by atoms with Gasteiger partial charge in [-0.1, -0.05) is 0 Å². The molecule has 0 bridgehead atoms. The summed E-state index contributed by atoms with van der Waals surface area (Å²) in [6.45, 7) is 7.19. The van der Waals surface area contributed by atoms with Crippen molar-refractivity contribution in [3.05, 3.63) is 0 Å². The van der Waals surface area contributed by atoms with Crippen LogP contribution < -0.4 is 0 Å². The third-order valence-electron chi connectivity index (χ3n) is 1.24. The normalized spacial score (nSPS) is 14.3. The number of carboxylic acid groups (broad SMARTS) is 1. The van der Waals surface area contributed by atoms with E-state index in [0.29, 0.717) is 0 Å². The van der Waals surface area contributed by atoms with Crippen LogP contribution in [-0.2, 0) is 9.53 Å². The summed E-state index contributed by atoms with van der Waals surface area (Å²) in [7, 11) is 0. The van der Waals surface area contributed by atoms with Gasteiger partial charge in [-0.25, -0.2) is 0 Å². The topological polar surface area (TPSA) is 63.6 Å². The minimum atomic E-state index is -0.978. The summed E-state index contributed by atoms with van der Waals surface area (Å²) in [4.78, 5) is 21.6. The molecule has 0 spiro atoms. The van der Waals surface area contributed by atoms with Crippen LogP contribution >= 0.6 is 0 Å². The number of ether oxygens (including phenoxy) is 1. The Kier molecular flexibility index (Phi) is 5.20. The fraction of sp³-hybridized carbons (Fsp3) is 0.778. The van der Waals surface area contributed by atoms with Gasteiger partial charge in [0.15, 0.2) is 0 Å². The number of carboxylic acids is 1. The third kappa shape index (κ3) is 8.11. The summed E-state index contributed by atoms with van der Waals surface area (Å²) in [5, 5.41) is 8.50. The summed E-state index contributed by atoms with van der Waals surface area (Å²) in [5.74, 6) is -0.857. The van der Waals surface area contributed by atoms with Gasteiger partial charge in [-0.15, -0.1) is 0 Å². The molecule has 4 nitrogen and oxygen atoms in total. The Balaban J connectivity index is 3.89. The van der Waals surface area contributed by atoms with Gasteiger partial charge in [-0.05, 0) is 0 Å². The van der Waals surface area contributed by atoms with Crippen LogP contribution in [0.1, 0.15) is 34.1 Å². The average Bonchev–Trinajstić information content (AvgIpc) is 1.77. The van der Waals surface area contributed by atoms with Gasteiger partial charge in [-0.2, -0.15) is 0 Å². The molecule has 14 heavy (non-hydrogen) atoms. The Hall–Kier alpha value is -0.502. The minimum absolute atomic E-state index is 0.0534. The van der Waals surface area contributed by atoms with Crippen LogP contribution in [0.3, 0.4) is 0 Å². The monoisotopic (exact) mass is 264 g/mol. The van der Waals surface area contributed by atoms with Crippen LogP contribution in [0.4, 0.5) is 4.79 Å². The molecule has 0 saturated carbocycles. The molecular formula is C9H17AsO4. The molecule has 0 aliphatic carbocycles. The van der Waals surface area contributed by atoms with Gasteiger partial charge in [0.25, 0.3) is 0 Å². The van der Waals surface area contributed by atoms with Crippen molar-refractivity contribution in [2.45, 2.75) is 44.4 Å². The summed E-state index contributed by atoms with van der Waals surface area (Å²) in [5.41, 5.74) is -0.469. The Bertz CT molecular complexity index is 219. The molecule has 2 atom stereocenters. The van der Waals surface area contributed by atoms with Crippen molar-refractivity contribution < 1.29 is 19.4 Å². The summed E-state index contributed by atoms with van der Waals surface area (Å²) >= 11 is -0.978. The van der Waals surface area contributed by atoms with E-state index in [2.05, 4.69) is 0 Å². The summed E-state index contributed by atoms with van der Waals surface area (Å²) in [6, 6.07) is 0. The second-order valence-electron chi connectivity index (χ2n) is 4.15. The molecule has 1 N–H and O–H groups in total. The standard InChI is InChI=1S/C9H17AsO4/c1-6(5-7(11)12)10-8(13)14-9(2,3)4/h6,10H,5H2,1-4H3,(H,11,12). The van der Waals surface area contributed by atoms with E-state index in [9.17, 15) is 9.59 Å². The SMILES string of the molecule is CC(CC(=O)O)[AsH]C(=O)OC(C)(C)C. The quantitative estimate of drug-likeness (QED) is 0.784. The Morgan fingerprint density at radius 3 is 2.29 bits per heavy atom. The van der Waals surface area contributed by atoms with Crippen molar-refractivity contribution in [2.75, 3.05) is 0 Å². The molecular weight excluding hydrogens is 247 g/mol. The zero-order chi connectivity index (χ0) is 11.4. The van der Waals surface area contributed by atoms with Crippen molar-refractivity contribution >= 4 is 26.5 Å². The third-order valence-corrected chi connectivity index (χ3v) is 3.41. The van der Waals surface area contributed by atoms with Crippen LogP contribution in [0.15, 0.2) is 0 Å². The van der Waals surface area contributed by atoms with E-state index < -0.39 is 27.3 Å². The van der Waals surface area contributed by atoms with E-state index >= 15 is 0 Å². The Morgan fingerprint density at radius 2 is 1.93 bits per heavy atom. The molecule has 0 rings (SSSR count). The van der Waals surface area contributed by atoms with Crippen LogP contribution in [0.2, 0.25) is 4.71 Å². The molecule has 0 heterocycles. The second kappa shape index (κ2) is 5.40. The van der Waals surface area contributed by atoms with E-state index in [4.69, 9.17) is 9.84 Å². The van der Waals surface area contributed by atoms with E-state index in [1.54, 1.807) is 27.7 Å². The molecule has 0 saturated heterocycles. The van der Waals surface area contributed by atoms with Crippen molar-refractivity contribution in [1.82, 2.24) is 0 Å². The van der Waals surface area contributed by atoms with Crippen molar-refractivity contribution in [2.24, 2.45) is 0 Å². The van der Waals surface area contributed by atoms with Gasteiger partial charge in [0.05, 0.1) is 0 Å². The van der Waals surface area contributed by atoms with Gasteiger partial charge in [0.1, 0.15) is 0 Å². The fourth-order valence-corrected chi connectivity index (χ4v) is 3.01. The van der Waals surface area contributed by atoms with Crippen LogP contribution in [0.25, 0.3) is 0 Å². The van der Waals surface area contributed by atoms with Gasteiger partial charge in [-0.3, -0.25) is 0 Å². The van der Waals surface area contributed by atoms with Gasteiger partial charge >= 0.3 is 90.3 Å². The van der Waals surface area contributed by atoms with E-state index in [0.717, 1.165) is 0 Å². The number of rotatable bonds is 4. The number of hydrogen-bond acceptors (Lipinski definition) is 3. The number of carbonyl (C=O) groups is 2. The molecule has 0 amide bonds. The molecule has 5 heteroatoms. The van der Waals surface area contributed by atoms with Crippen molar-refractivity contribution in [1.29, 1.82) is 0 Å². The zero-order valence-electron chi connectivity index (χ0n) is 8.96. The number of hydrogen-bond donors (Lipinski definition) is 1. The molecule has 0 aromatic heterocycles. The Labute approximate surface area is 90.7 Å². The molecule has 82 valence electrons. The number of carbonyl (C=O) groups excluding carboxylic acids is 1. The van der Waals surface area contributed by atoms with Crippen LogP contribution in [0.5, 0.6) is 0 Å². The van der Waals surface area contributed by atoms with Gasteiger partial charge < -0.3 is 0 Å². The molecule has 0 radical (unpaired) electrons. The van der Waals surface area contributed by atoms with Crippen LogP contribution in [0, 0.1) is 0 Å². The summed E-state index contributed by atoms with van der Waals surface area (Å²) in [6.07, 6.45) is 0.0548. The first-order chi connectivity index (χ1) is 6.20. The van der Waals surface area contributed by atoms with Gasteiger partial charge in [0.2, 0.25) is 0 Å². The maximum atomic E-state index is 11.3. The predicted molar refractivity (Wildman–Crippen MR) is 55.1 cm³/mol. The van der Waals surface area contributed by atoms with Gasteiger partial charge in [0, 0.05) is 0 Å². The van der Waals surface area contributed by atoms with Crippen LogP contribution in [-0.4, -0.2) is 37.2 Å². The van der Waals surface area contributed by atoms with Crippen molar-refractivity contribution in [3.8, 4) is 0 Å². The predicted octanol–water partition coefficient (Wildman–Crippen LogP) is 1.64. The molecule has 0 fully saturated rings. The fourth-order valence-electron chi connectivity index (χ4n) is 0.822. The molecule has 0 aliphatic rings. The first kappa shape index (κ1) is 13.5. The molecule has 0 aromatic rings. The number of aliphatic carboxylic acids is 1. The average molecular weight is 264 g/mol. The van der Waals surface area contributed by atoms with E-state index in [1.165, 1.54) is 0 Å². The zero-order valence-corrected chi connectivity index (χ0v) is 11.1. The molecule has 0 aliphatic heterocycles. The second-order valence-corrected chi connectivity index (χ2v) is 7.68.